The van der Waals surface area contributed by atoms with Gasteiger partial charge in [-0.05, 0) is 70.1 Å². The Kier molecular flexibility index (Phi) is 7.24. The first-order valence-corrected chi connectivity index (χ1v) is 11.0. The van der Waals surface area contributed by atoms with E-state index in [1.165, 1.54) is 24.8 Å². The topological polar surface area (TPSA) is 75.3 Å². The maximum Gasteiger partial charge on any atom is 0.224 e. The van der Waals surface area contributed by atoms with Gasteiger partial charge in [-0.25, -0.2) is 13.1 Å². The molecule has 0 bridgehead atoms. The quantitative estimate of drug-likeness (QED) is 0.605. The average molecular weight is 381 g/mol. The molecule has 26 heavy (non-hydrogen) atoms. The van der Waals surface area contributed by atoms with Crippen molar-refractivity contribution in [2.45, 2.75) is 70.5 Å². The molecule has 0 saturated heterocycles. The van der Waals surface area contributed by atoms with Crippen LogP contribution in [0.5, 0.6) is 0 Å². The molecule has 5 nitrogen and oxygen atoms in total. The van der Waals surface area contributed by atoms with Gasteiger partial charge in [0.1, 0.15) is 0 Å². The van der Waals surface area contributed by atoms with E-state index in [1.54, 1.807) is 20.8 Å². The molecule has 1 aromatic carbocycles. The van der Waals surface area contributed by atoms with Crippen LogP contribution < -0.4 is 10.0 Å². The monoisotopic (exact) mass is 380 g/mol. The van der Waals surface area contributed by atoms with Crippen LogP contribution in [0.2, 0.25) is 0 Å². The minimum atomic E-state index is -3.31. The smallest absolute Gasteiger partial charge is 0.224 e. The van der Waals surface area contributed by atoms with Crippen LogP contribution >= 0.6 is 0 Å². The van der Waals surface area contributed by atoms with Crippen molar-refractivity contribution in [3.8, 4) is 0 Å². The summed E-state index contributed by atoms with van der Waals surface area (Å²) >= 11 is 0. The molecule has 0 unspecified atom stereocenters. The van der Waals surface area contributed by atoms with E-state index < -0.39 is 14.8 Å². The first-order chi connectivity index (χ1) is 12.2. The highest BCUT2D eigenvalue weighted by Gasteiger charge is 2.27. The van der Waals surface area contributed by atoms with E-state index in [1.807, 2.05) is 12.1 Å². The Morgan fingerprint density at radius 1 is 1.12 bits per heavy atom. The van der Waals surface area contributed by atoms with Gasteiger partial charge in [0.25, 0.3) is 0 Å². The van der Waals surface area contributed by atoms with Crippen LogP contribution in [0.15, 0.2) is 24.3 Å². The van der Waals surface area contributed by atoms with Gasteiger partial charge in [0, 0.05) is 18.7 Å². The number of unbranched alkanes of at least 4 members (excludes halogenated alkanes) is 1. The Morgan fingerprint density at radius 2 is 1.77 bits per heavy atom. The minimum absolute atomic E-state index is 0.0330. The van der Waals surface area contributed by atoms with E-state index in [-0.39, 0.29) is 5.91 Å². The molecule has 1 fully saturated rings. The fraction of sp³-hybridized carbons (Fsp3) is 0.650. The summed E-state index contributed by atoms with van der Waals surface area (Å²) in [5.41, 5.74) is 2.14. The average Bonchev–Trinajstić information content (AvgIpc) is 3.37. The summed E-state index contributed by atoms with van der Waals surface area (Å²) in [6.07, 6.45) is 6.83. The number of rotatable bonds is 10. The van der Waals surface area contributed by atoms with Gasteiger partial charge in [0.2, 0.25) is 15.9 Å². The first kappa shape index (κ1) is 20.9. The molecule has 2 N–H and O–H groups in total. The molecular weight excluding hydrogens is 348 g/mol. The molecule has 0 spiro atoms. The molecule has 0 aromatic heterocycles. The number of hydrogen-bond donors (Lipinski definition) is 2. The van der Waals surface area contributed by atoms with Crippen molar-refractivity contribution in [2.24, 2.45) is 5.92 Å². The van der Waals surface area contributed by atoms with Crippen molar-refractivity contribution in [1.82, 2.24) is 4.72 Å². The van der Waals surface area contributed by atoms with Crippen molar-refractivity contribution in [1.29, 1.82) is 0 Å². The Bertz CT molecular complexity index is 687. The van der Waals surface area contributed by atoms with Gasteiger partial charge in [0.15, 0.2) is 0 Å². The molecule has 1 amide bonds. The fourth-order valence-corrected chi connectivity index (χ4v) is 3.44. The minimum Gasteiger partial charge on any atom is -0.326 e. The summed E-state index contributed by atoms with van der Waals surface area (Å²) in [6.45, 7) is 5.36. The second-order valence-corrected chi connectivity index (χ2v) is 10.7. The second kappa shape index (κ2) is 9.00. The number of nitrogens with one attached hydrogen (secondary N) is 2. The lowest BCUT2D eigenvalue weighted by atomic mass is 10.1. The molecule has 146 valence electrons. The zero-order chi connectivity index (χ0) is 19.2. The Labute approximate surface area is 158 Å². The van der Waals surface area contributed by atoms with Crippen LogP contribution in [-0.2, 0) is 21.2 Å². The summed E-state index contributed by atoms with van der Waals surface area (Å²) in [5, 5.41) is 2.90. The highest BCUT2D eigenvalue weighted by molar-refractivity contribution is 7.90. The van der Waals surface area contributed by atoms with E-state index in [4.69, 9.17) is 0 Å². The maximum atomic E-state index is 12.0. The largest absolute Gasteiger partial charge is 0.326 e. The van der Waals surface area contributed by atoms with Crippen molar-refractivity contribution in [2.75, 3.05) is 11.9 Å². The zero-order valence-corrected chi connectivity index (χ0v) is 17.0. The lowest BCUT2D eigenvalue weighted by Crippen LogP contribution is -2.39. The zero-order valence-electron chi connectivity index (χ0n) is 16.2. The summed E-state index contributed by atoms with van der Waals surface area (Å²) in [6, 6.07) is 8.08. The van der Waals surface area contributed by atoms with Crippen LogP contribution in [0.4, 0.5) is 5.69 Å². The van der Waals surface area contributed by atoms with Crippen LogP contribution in [-0.4, -0.2) is 25.6 Å². The number of benzene rings is 1. The summed E-state index contributed by atoms with van der Waals surface area (Å²) in [5.74, 6) is 0.900. The Hall–Kier alpha value is -1.40. The van der Waals surface area contributed by atoms with Crippen LogP contribution in [0.25, 0.3) is 0 Å². The number of aryl methyl sites for hydroxylation is 1. The third-order valence-electron chi connectivity index (χ3n) is 4.70. The van der Waals surface area contributed by atoms with Crippen LogP contribution in [0, 0.1) is 5.92 Å². The molecule has 0 atom stereocenters. The standard InChI is InChI=1S/C20H32N2O3S/c1-20(2,3)26(24,25)21-15-5-4-6-19(23)22-18-13-11-17(12-14-18)10-9-16-7-8-16/h11-14,16,21H,4-10,15H2,1-3H3,(H,22,23). The first-order valence-electron chi connectivity index (χ1n) is 9.55. The van der Waals surface area contributed by atoms with Crippen molar-refractivity contribution in [3.05, 3.63) is 29.8 Å². The van der Waals surface area contributed by atoms with E-state index in [0.717, 1.165) is 18.0 Å². The van der Waals surface area contributed by atoms with Gasteiger partial charge in [0.05, 0.1) is 4.75 Å². The van der Waals surface area contributed by atoms with E-state index >= 15 is 0 Å². The molecule has 1 aliphatic rings. The molecule has 1 aliphatic carbocycles. The third-order valence-corrected chi connectivity index (χ3v) is 6.90. The molecule has 1 saturated carbocycles. The third kappa shape index (κ3) is 7.08. The fourth-order valence-electron chi connectivity index (χ4n) is 2.59. The van der Waals surface area contributed by atoms with E-state index in [2.05, 4.69) is 22.2 Å². The lowest BCUT2D eigenvalue weighted by molar-refractivity contribution is -0.116. The lowest BCUT2D eigenvalue weighted by Gasteiger charge is -2.19. The van der Waals surface area contributed by atoms with E-state index in [9.17, 15) is 13.2 Å². The van der Waals surface area contributed by atoms with Crippen molar-refractivity contribution < 1.29 is 13.2 Å². The summed E-state index contributed by atoms with van der Waals surface area (Å²) < 4.78 is 25.6. The maximum absolute atomic E-state index is 12.0. The predicted molar refractivity (Wildman–Crippen MR) is 107 cm³/mol. The number of carbonyl (C=O) groups excluding carboxylic acids is 1. The Morgan fingerprint density at radius 3 is 2.35 bits per heavy atom. The number of hydrogen-bond acceptors (Lipinski definition) is 3. The molecule has 0 heterocycles. The second-order valence-electron chi connectivity index (χ2n) is 8.19. The number of carbonyl (C=O) groups is 1. The van der Waals surface area contributed by atoms with Gasteiger partial charge in [-0.2, -0.15) is 0 Å². The Balaban J connectivity index is 1.62. The summed E-state index contributed by atoms with van der Waals surface area (Å²) in [7, 11) is -3.31. The summed E-state index contributed by atoms with van der Waals surface area (Å²) in [4.78, 5) is 12.0. The van der Waals surface area contributed by atoms with Crippen molar-refractivity contribution >= 4 is 21.6 Å². The SMILES string of the molecule is CC(C)(C)S(=O)(=O)NCCCCC(=O)Nc1ccc(CCC2CC2)cc1. The normalized spacial score (nSPS) is 15.0. The van der Waals surface area contributed by atoms with Crippen LogP contribution in [0.1, 0.15) is 64.9 Å². The van der Waals surface area contributed by atoms with Gasteiger partial charge < -0.3 is 5.32 Å². The van der Waals surface area contributed by atoms with Crippen LogP contribution in [0.3, 0.4) is 0 Å². The molecule has 1 aromatic rings. The molecule has 6 heteroatoms. The number of sulfonamides is 1. The molecule has 0 aliphatic heterocycles. The molecule has 2 rings (SSSR count). The molecular formula is C20H32N2O3S. The highest BCUT2D eigenvalue weighted by Crippen LogP contribution is 2.33. The van der Waals surface area contributed by atoms with E-state index in [0.29, 0.717) is 25.8 Å². The molecule has 0 radical (unpaired) electrons. The number of anilines is 1. The van der Waals surface area contributed by atoms with Gasteiger partial charge in [-0.3, -0.25) is 4.79 Å². The van der Waals surface area contributed by atoms with Gasteiger partial charge in [-0.15, -0.1) is 0 Å². The van der Waals surface area contributed by atoms with Crippen molar-refractivity contribution in [3.63, 3.8) is 0 Å². The highest BCUT2D eigenvalue weighted by atomic mass is 32.2. The van der Waals surface area contributed by atoms with Gasteiger partial charge in [-0.1, -0.05) is 25.0 Å². The van der Waals surface area contributed by atoms with Gasteiger partial charge >= 0.3 is 0 Å². The predicted octanol–water partition coefficient (Wildman–Crippen LogP) is 3.86. The number of amides is 1.